The quantitative estimate of drug-likeness (QED) is 0.363. The lowest BCUT2D eigenvalue weighted by Gasteiger charge is -2.05. The van der Waals surface area contributed by atoms with Crippen LogP contribution in [-0.4, -0.2) is 30.8 Å². The minimum absolute atomic E-state index is 0.211. The van der Waals surface area contributed by atoms with Gasteiger partial charge in [0.15, 0.2) is 9.84 Å². The fourth-order valence-corrected chi connectivity index (χ4v) is 1.06. The molecular weight excluding hydrogens is 154 g/mol. The van der Waals surface area contributed by atoms with Crippen molar-refractivity contribution >= 4 is 15.5 Å². The molecule has 1 atom stereocenters. The zero-order valence-corrected chi connectivity index (χ0v) is 7.01. The third kappa shape index (κ3) is 2.34. The van der Waals surface area contributed by atoms with E-state index in [2.05, 4.69) is 5.16 Å². The van der Waals surface area contributed by atoms with Gasteiger partial charge >= 0.3 is 0 Å². The Balaban J connectivity index is 4.55. The Hall–Kier alpha value is -0.580. The van der Waals surface area contributed by atoms with Crippen LogP contribution in [0, 0.1) is 0 Å². The predicted octanol–water partition coefficient (Wildman–Crippen LogP) is 0.270. The van der Waals surface area contributed by atoms with E-state index in [0.717, 1.165) is 6.26 Å². The summed E-state index contributed by atoms with van der Waals surface area (Å²) in [5.41, 5.74) is 0.211. The average Bonchev–Trinajstić information content (AvgIpc) is 1.83. The van der Waals surface area contributed by atoms with Gasteiger partial charge in [0.25, 0.3) is 0 Å². The van der Waals surface area contributed by atoms with Crippen molar-refractivity contribution in [2.45, 2.75) is 19.1 Å². The number of nitrogens with zero attached hydrogens (tertiary/aromatic N) is 1. The number of hydrogen-bond donors (Lipinski definition) is 1. The molecule has 0 rings (SSSR count). The van der Waals surface area contributed by atoms with Crippen LogP contribution in [-0.2, 0) is 9.84 Å². The maximum atomic E-state index is 10.7. The van der Waals surface area contributed by atoms with Crippen molar-refractivity contribution in [3.05, 3.63) is 0 Å². The second kappa shape index (κ2) is 3.01. The Labute approximate surface area is 60.5 Å². The van der Waals surface area contributed by atoms with E-state index in [1.165, 1.54) is 13.8 Å². The van der Waals surface area contributed by atoms with Crippen LogP contribution in [0.2, 0.25) is 0 Å². The smallest absolute Gasteiger partial charge is 0.155 e. The van der Waals surface area contributed by atoms with E-state index in [-0.39, 0.29) is 5.71 Å². The van der Waals surface area contributed by atoms with Crippen LogP contribution in [0.1, 0.15) is 13.8 Å². The predicted molar refractivity (Wildman–Crippen MR) is 39.2 cm³/mol. The molecular formula is C5H11NO3S. The van der Waals surface area contributed by atoms with Crippen LogP contribution >= 0.6 is 0 Å². The summed E-state index contributed by atoms with van der Waals surface area (Å²) in [4.78, 5) is 0. The largest absolute Gasteiger partial charge is 0.411 e. The van der Waals surface area contributed by atoms with Gasteiger partial charge in [0.05, 0.1) is 11.0 Å². The minimum atomic E-state index is -3.10. The molecule has 1 N–H and O–H groups in total. The van der Waals surface area contributed by atoms with Gasteiger partial charge in [0, 0.05) is 6.26 Å². The SMILES string of the molecule is C/C(=N/O)[C@H](C)S(C)(=O)=O. The lowest BCUT2D eigenvalue weighted by atomic mass is 10.3. The van der Waals surface area contributed by atoms with Crippen molar-refractivity contribution < 1.29 is 13.6 Å². The molecule has 0 radical (unpaired) electrons. The van der Waals surface area contributed by atoms with Crippen molar-refractivity contribution in [2.75, 3.05) is 6.26 Å². The van der Waals surface area contributed by atoms with Gasteiger partial charge in [-0.2, -0.15) is 0 Å². The lowest BCUT2D eigenvalue weighted by Crippen LogP contribution is -2.23. The first-order chi connectivity index (χ1) is 4.39. The van der Waals surface area contributed by atoms with E-state index >= 15 is 0 Å². The summed E-state index contributed by atoms with van der Waals surface area (Å²) in [6.07, 6.45) is 1.10. The van der Waals surface area contributed by atoms with Gasteiger partial charge in [-0.05, 0) is 13.8 Å². The summed E-state index contributed by atoms with van der Waals surface area (Å²) in [5, 5.41) is 10.3. The molecule has 0 fully saturated rings. The van der Waals surface area contributed by atoms with Crippen LogP contribution in [0.25, 0.3) is 0 Å². The third-order valence-corrected chi connectivity index (χ3v) is 3.01. The maximum absolute atomic E-state index is 10.7. The molecule has 0 bridgehead atoms. The topological polar surface area (TPSA) is 66.7 Å². The van der Waals surface area contributed by atoms with E-state index in [1.54, 1.807) is 0 Å². The summed E-state index contributed by atoms with van der Waals surface area (Å²) in [6, 6.07) is 0. The molecule has 4 nitrogen and oxygen atoms in total. The molecule has 0 aliphatic carbocycles. The third-order valence-electron chi connectivity index (χ3n) is 1.39. The molecule has 0 aromatic rings. The van der Waals surface area contributed by atoms with E-state index in [1.807, 2.05) is 0 Å². The molecule has 0 aromatic carbocycles. The first-order valence-corrected chi connectivity index (χ1v) is 4.72. The summed E-state index contributed by atoms with van der Waals surface area (Å²) < 4.78 is 21.5. The first kappa shape index (κ1) is 9.42. The molecule has 0 unspecified atom stereocenters. The fraction of sp³-hybridized carbons (Fsp3) is 0.800. The Morgan fingerprint density at radius 2 is 2.00 bits per heavy atom. The van der Waals surface area contributed by atoms with Crippen LogP contribution in [0.4, 0.5) is 0 Å². The molecule has 0 saturated carbocycles. The maximum Gasteiger partial charge on any atom is 0.155 e. The number of oxime groups is 1. The molecule has 0 aromatic heterocycles. The highest BCUT2D eigenvalue weighted by atomic mass is 32.2. The van der Waals surface area contributed by atoms with E-state index < -0.39 is 15.1 Å². The zero-order valence-electron chi connectivity index (χ0n) is 6.20. The van der Waals surface area contributed by atoms with Gasteiger partial charge in [-0.1, -0.05) is 5.16 Å². The molecule has 0 spiro atoms. The van der Waals surface area contributed by atoms with Gasteiger partial charge in [-0.25, -0.2) is 8.42 Å². The molecule has 10 heavy (non-hydrogen) atoms. The van der Waals surface area contributed by atoms with E-state index in [0.29, 0.717) is 0 Å². The minimum Gasteiger partial charge on any atom is -0.411 e. The van der Waals surface area contributed by atoms with Gasteiger partial charge in [-0.15, -0.1) is 0 Å². The van der Waals surface area contributed by atoms with Crippen molar-refractivity contribution in [2.24, 2.45) is 5.16 Å². The van der Waals surface area contributed by atoms with Crippen LogP contribution in [0.15, 0.2) is 5.16 Å². The van der Waals surface area contributed by atoms with Crippen molar-refractivity contribution in [1.82, 2.24) is 0 Å². The van der Waals surface area contributed by atoms with Crippen LogP contribution < -0.4 is 0 Å². The standard InChI is InChI=1S/C5H11NO3S/c1-4(6-7)5(2)10(3,8)9/h5,7H,1-3H3/b6-4-/t5-/m0/s1. The lowest BCUT2D eigenvalue weighted by molar-refractivity contribution is 0.317. The monoisotopic (exact) mass is 165 g/mol. The van der Waals surface area contributed by atoms with Gasteiger partial charge < -0.3 is 5.21 Å². The molecule has 0 saturated heterocycles. The van der Waals surface area contributed by atoms with Gasteiger partial charge in [0.2, 0.25) is 0 Å². The van der Waals surface area contributed by atoms with Gasteiger partial charge in [0.1, 0.15) is 0 Å². The highest BCUT2D eigenvalue weighted by molar-refractivity contribution is 7.92. The Kier molecular flexibility index (Phi) is 2.83. The molecule has 0 amide bonds. The van der Waals surface area contributed by atoms with Crippen LogP contribution in [0.3, 0.4) is 0 Å². The normalized spacial score (nSPS) is 16.9. The number of rotatable bonds is 2. The summed E-state index contributed by atoms with van der Waals surface area (Å²) in [7, 11) is -3.10. The Morgan fingerprint density at radius 3 is 2.10 bits per heavy atom. The van der Waals surface area contributed by atoms with Crippen LogP contribution in [0.5, 0.6) is 0 Å². The Morgan fingerprint density at radius 1 is 1.60 bits per heavy atom. The zero-order chi connectivity index (χ0) is 8.36. The van der Waals surface area contributed by atoms with Crippen molar-refractivity contribution in [3.63, 3.8) is 0 Å². The second-order valence-electron chi connectivity index (χ2n) is 2.21. The van der Waals surface area contributed by atoms with Crippen molar-refractivity contribution in [3.8, 4) is 0 Å². The number of hydrogen-bond acceptors (Lipinski definition) is 4. The molecule has 0 aliphatic rings. The van der Waals surface area contributed by atoms with Gasteiger partial charge in [-0.3, -0.25) is 0 Å². The first-order valence-electron chi connectivity index (χ1n) is 2.77. The molecule has 5 heteroatoms. The highest BCUT2D eigenvalue weighted by Crippen LogP contribution is 1.99. The number of sulfone groups is 1. The molecule has 0 heterocycles. The second-order valence-corrected chi connectivity index (χ2v) is 4.58. The molecule has 0 aliphatic heterocycles. The summed E-state index contributed by atoms with van der Waals surface area (Å²) in [5.74, 6) is 0. The van der Waals surface area contributed by atoms with Crippen molar-refractivity contribution in [1.29, 1.82) is 0 Å². The van der Waals surface area contributed by atoms with E-state index in [4.69, 9.17) is 5.21 Å². The fourth-order valence-electron chi connectivity index (χ4n) is 0.391. The average molecular weight is 165 g/mol. The summed E-state index contributed by atoms with van der Waals surface area (Å²) in [6.45, 7) is 2.94. The summed E-state index contributed by atoms with van der Waals surface area (Å²) >= 11 is 0. The Bertz CT molecular complexity index is 229. The molecule has 60 valence electrons. The van der Waals surface area contributed by atoms with E-state index in [9.17, 15) is 8.42 Å². The highest BCUT2D eigenvalue weighted by Gasteiger charge is 2.17.